The molecule has 184 valence electrons. The summed E-state index contributed by atoms with van der Waals surface area (Å²) in [4.78, 5) is 25.9. The van der Waals surface area contributed by atoms with Gasteiger partial charge in [0.2, 0.25) is 17.8 Å². The Bertz CT molecular complexity index is 1430. The summed E-state index contributed by atoms with van der Waals surface area (Å²) >= 11 is 0. The highest BCUT2D eigenvalue weighted by atomic mass is 19.4. The number of carbonyl (C=O) groups excluding carboxylic acids is 1. The molecule has 4 aromatic rings. The minimum Gasteiger partial charge on any atom is -0.368 e. The van der Waals surface area contributed by atoms with Gasteiger partial charge in [-0.25, -0.2) is 14.6 Å². The largest absolute Gasteiger partial charge is 0.397 e. The SMILES string of the molecule is Cn1nc(-c2ccc3c(c2)CCN3C(=O)CC(F)(F)F)nc1Nc1ccc(-c2ccnc(N)n2)cc1. The van der Waals surface area contributed by atoms with Crippen LogP contribution in [0.1, 0.15) is 12.0 Å². The van der Waals surface area contributed by atoms with Crippen molar-refractivity contribution in [3.8, 4) is 22.6 Å². The maximum Gasteiger partial charge on any atom is 0.397 e. The summed E-state index contributed by atoms with van der Waals surface area (Å²) in [5, 5.41) is 7.68. The van der Waals surface area contributed by atoms with Gasteiger partial charge in [0.05, 0.1) is 5.69 Å². The Morgan fingerprint density at radius 1 is 1.08 bits per heavy atom. The number of halogens is 3. The summed E-state index contributed by atoms with van der Waals surface area (Å²) in [6, 6.07) is 14.5. The summed E-state index contributed by atoms with van der Waals surface area (Å²) in [5.41, 5.74) is 10.0. The molecule has 3 heterocycles. The summed E-state index contributed by atoms with van der Waals surface area (Å²) in [7, 11) is 1.75. The quantitative estimate of drug-likeness (QED) is 0.429. The Morgan fingerprint density at radius 2 is 1.83 bits per heavy atom. The molecule has 0 saturated heterocycles. The molecule has 0 saturated carbocycles. The Hall–Kier alpha value is -4.48. The van der Waals surface area contributed by atoms with E-state index in [1.54, 1.807) is 36.1 Å². The van der Waals surface area contributed by atoms with E-state index in [0.717, 1.165) is 16.8 Å². The summed E-state index contributed by atoms with van der Waals surface area (Å²) < 4.78 is 39.5. The second-order valence-electron chi connectivity index (χ2n) is 8.32. The van der Waals surface area contributed by atoms with E-state index < -0.39 is 18.5 Å². The highest BCUT2D eigenvalue weighted by Gasteiger charge is 2.36. The van der Waals surface area contributed by atoms with E-state index in [1.807, 2.05) is 30.3 Å². The summed E-state index contributed by atoms with van der Waals surface area (Å²) in [6.07, 6.45) is -3.94. The fourth-order valence-corrected chi connectivity index (χ4v) is 4.07. The van der Waals surface area contributed by atoms with Crippen LogP contribution < -0.4 is 16.0 Å². The molecule has 1 amide bonds. The monoisotopic (exact) mass is 494 g/mol. The van der Waals surface area contributed by atoms with Gasteiger partial charge in [-0.1, -0.05) is 12.1 Å². The van der Waals surface area contributed by atoms with E-state index in [0.29, 0.717) is 35.1 Å². The molecule has 36 heavy (non-hydrogen) atoms. The number of carbonyl (C=O) groups is 1. The van der Waals surface area contributed by atoms with Crippen molar-refractivity contribution in [1.82, 2.24) is 24.7 Å². The molecule has 3 N–H and O–H groups in total. The molecule has 12 heteroatoms. The topological polar surface area (TPSA) is 115 Å². The first-order chi connectivity index (χ1) is 17.2. The molecule has 0 spiro atoms. The highest BCUT2D eigenvalue weighted by Crippen LogP contribution is 2.34. The fraction of sp³-hybridized carbons (Fsp3) is 0.208. The molecule has 0 radical (unpaired) electrons. The lowest BCUT2D eigenvalue weighted by Crippen LogP contribution is -2.32. The van der Waals surface area contributed by atoms with E-state index in [9.17, 15) is 18.0 Å². The number of benzene rings is 2. The number of alkyl halides is 3. The van der Waals surface area contributed by atoms with Crippen molar-refractivity contribution < 1.29 is 18.0 Å². The van der Waals surface area contributed by atoms with Gasteiger partial charge in [0, 0.05) is 42.3 Å². The first-order valence-electron chi connectivity index (χ1n) is 11.0. The zero-order chi connectivity index (χ0) is 25.4. The van der Waals surface area contributed by atoms with E-state index in [-0.39, 0.29) is 12.5 Å². The average molecular weight is 494 g/mol. The highest BCUT2D eigenvalue weighted by molar-refractivity contribution is 5.96. The van der Waals surface area contributed by atoms with Crippen LogP contribution >= 0.6 is 0 Å². The zero-order valence-corrected chi connectivity index (χ0v) is 19.1. The number of aromatic nitrogens is 5. The number of aryl methyl sites for hydroxylation is 1. The van der Waals surface area contributed by atoms with Crippen molar-refractivity contribution in [3.05, 3.63) is 60.3 Å². The lowest BCUT2D eigenvalue weighted by molar-refractivity contribution is -0.151. The van der Waals surface area contributed by atoms with Crippen molar-refractivity contribution in [2.75, 3.05) is 22.5 Å². The predicted octanol–water partition coefficient (Wildman–Crippen LogP) is 4.11. The van der Waals surface area contributed by atoms with Gasteiger partial charge in [-0.15, -0.1) is 5.10 Å². The second kappa shape index (κ2) is 8.95. The number of amides is 1. The smallest absolute Gasteiger partial charge is 0.368 e. The number of nitrogens with one attached hydrogen (secondary N) is 1. The first-order valence-corrected chi connectivity index (χ1v) is 11.0. The molecule has 1 aliphatic heterocycles. The van der Waals surface area contributed by atoms with Crippen LogP contribution in [-0.4, -0.2) is 43.4 Å². The van der Waals surface area contributed by atoms with Crippen molar-refractivity contribution in [1.29, 1.82) is 0 Å². The van der Waals surface area contributed by atoms with Crippen molar-refractivity contribution in [2.45, 2.75) is 19.0 Å². The number of nitrogens with two attached hydrogens (primary N) is 1. The van der Waals surface area contributed by atoms with E-state index in [2.05, 4.69) is 25.4 Å². The molecule has 0 aliphatic carbocycles. The van der Waals surface area contributed by atoms with E-state index in [4.69, 9.17) is 5.73 Å². The van der Waals surface area contributed by atoms with Crippen molar-refractivity contribution in [2.24, 2.45) is 7.05 Å². The minimum atomic E-state index is -4.54. The lowest BCUT2D eigenvalue weighted by atomic mass is 10.1. The molecular weight excluding hydrogens is 473 g/mol. The molecule has 0 unspecified atom stereocenters. The molecule has 0 fully saturated rings. The summed E-state index contributed by atoms with van der Waals surface area (Å²) in [5.74, 6) is 0.210. The standard InChI is InChI=1S/C24H21F3N8O/c1-34-23(30-17-5-2-14(3-6-17)18-8-10-29-22(28)31-18)32-21(33-34)16-4-7-19-15(12-16)9-11-35(19)20(36)13-24(25,26)27/h2-8,10,12H,9,11,13H2,1H3,(H2,28,29,31)(H,30,32,33). The fourth-order valence-electron chi connectivity index (χ4n) is 4.07. The van der Waals surface area contributed by atoms with Crippen molar-refractivity contribution >= 4 is 29.2 Å². The number of hydrogen-bond donors (Lipinski definition) is 2. The van der Waals surface area contributed by atoms with Crippen LogP contribution in [0.4, 0.5) is 36.4 Å². The molecule has 5 rings (SSSR count). The minimum absolute atomic E-state index is 0.202. The lowest BCUT2D eigenvalue weighted by Gasteiger charge is -2.18. The number of fused-ring (bicyclic) bond motifs is 1. The van der Waals surface area contributed by atoms with Gasteiger partial charge in [-0.2, -0.15) is 18.2 Å². The van der Waals surface area contributed by atoms with Gasteiger partial charge < -0.3 is 16.0 Å². The third-order valence-electron chi connectivity index (χ3n) is 5.76. The van der Waals surface area contributed by atoms with Gasteiger partial charge in [-0.3, -0.25) is 4.79 Å². The number of rotatable bonds is 5. The third kappa shape index (κ3) is 4.83. The summed E-state index contributed by atoms with van der Waals surface area (Å²) in [6.45, 7) is 0.216. The maximum atomic E-state index is 12.6. The second-order valence-corrected chi connectivity index (χ2v) is 8.32. The van der Waals surface area contributed by atoms with Gasteiger partial charge >= 0.3 is 6.18 Å². The molecule has 2 aromatic heterocycles. The third-order valence-corrected chi connectivity index (χ3v) is 5.76. The van der Waals surface area contributed by atoms with Gasteiger partial charge in [0.1, 0.15) is 6.42 Å². The van der Waals surface area contributed by atoms with Gasteiger partial charge in [-0.05, 0) is 48.4 Å². The van der Waals surface area contributed by atoms with Crippen LogP contribution in [0, 0.1) is 0 Å². The van der Waals surface area contributed by atoms with Crippen LogP contribution in [0.15, 0.2) is 54.7 Å². The van der Waals surface area contributed by atoms with Crippen LogP contribution in [0.5, 0.6) is 0 Å². The maximum absolute atomic E-state index is 12.6. The molecule has 9 nitrogen and oxygen atoms in total. The molecule has 0 bridgehead atoms. The molecular formula is C24H21F3N8O. The van der Waals surface area contributed by atoms with Crippen LogP contribution in [0.3, 0.4) is 0 Å². The Kier molecular flexibility index (Phi) is 5.78. The van der Waals surface area contributed by atoms with Gasteiger partial charge in [0.25, 0.3) is 0 Å². The Labute approximate surface area is 203 Å². The van der Waals surface area contributed by atoms with Crippen LogP contribution in [0.25, 0.3) is 22.6 Å². The van der Waals surface area contributed by atoms with E-state index >= 15 is 0 Å². The zero-order valence-electron chi connectivity index (χ0n) is 19.1. The normalized spacial score (nSPS) is 13.1. The van der Waals surface area contributed by atoms with Crippen molar-refractivity contribution in [3.63, 3.8) is 0 Å². The molecule has 2 aromatic carbocycles. The van der Waals surface area contributed by atoms with Gasteiger partial charge in [0.15, 0.2) is 5.82 Å². The number of hydrogen-bond acceptors (Lipinski definition) is 7. The average Bonchev–Trinajstić information content (AvgIpc) is 3.41. The number of nitrogen functional groups attached to an aromatic ring is 1. The van der Waals surface area contributed by atoms with Crippen LogP contribution in [-0.2, 0) is 18.3 Å². The molecule has 1 aliphatic rings. The molecule has 0 atom stereocenters. The number of nitrogens with zero attached hydrogens (tertiary/aromatic N) is 6. The number of anilines is 4. The van der Waals surface area contributed by atoms with E-state index in [1.165, 1.54) is 4.90 Å². The Morgan fingerprint density at radius 3 is 2.56 bits per heavy atom. The Balaban J connectivity index is 1.32. The first kappa shape index (κ1) is 23.3. The predicted molar refractivity (Wildman–Crippen MR) is 128 cm³/mol. The van der Waals surface area contributed by atoms with Crippen LogP contribution in [0.2, 0.25) is 0 Å².